The maximum absolute atomic E-state index is 13.1. The quantitative estimate of drug-likeness (QED) is 0.716. The van der Waals surface area contributed by atoms with E-state index in [1.165, 1.54) is 24.3 Å². The van der Waals surface area contributed by atoms with Gasteiger partial charge in [0.2, 0.25) is 0 Å². The number of hydrogen-bond acceptors (Lipinski definition) is 4. The van der Waals surface area contributed by atoms with Crippen LogP contribution in [0.3, 0.4) is 0 Å². The van der Waals surface area contributed by atoms with Crippen LogP contribution in [0.4, 0.5) is 5.69 Å². The number of sulfonamides is 1. The van der Waals surface area contributed by atoms with Crippen LogP contribution in [-0.4, -0.2) is 21.5 Å². The van der Waals surface area contributed by atoms with Crippen LogP contribution in [0.1, 0.15) is 21.5 Å². The Hall–Kier alpha value is -2.86. The molecule has 3 aromatic rings. The normalized spacial score (nSPS) is 13.0. The molecule has 0 saturated heterocycles. The number of methoxy groups -OCH3 is 1. The van der Waals surface area contributed by atoms with E-state index in [4.69, 9.17) is 4.74 Å². The standard InChI is InChI=1S/C20H17NO4S/c1-25-20(22)15-6-2-3-8-17(15)21-26(23,24)18-12-11-14-10-9-13-5-4-7-16(18)19(13)14/h2-8,11-12,21H,9-10H2,1H3. The number of nitrogens with one attached hydrogen (secondary N) is 1. The fourth-order valence-corrected chi connectivity index (χ4v) is 4.80. The van der Waals surface area contributed by atoms with Crippen LogP contribution >= 0.6 is 0 Å². The molecule has 0 spiro atoms. The molecule has 6 heteroatoms. The molecular formula is C20H17NO4S. The first-order valence-electron chi connectivity index (χ1n) is 8.25. The lowest BCUT2D eigenvalue weighted by Crippen LogP contribution is -2.16. The minimum atomic E-state index is -3.87. The first-order valence-corrected chi connectivity index (χ1v) is 9.73. The molecule has 0 amide bonds. The van der Waals surface area contributed by atoms with Gasteiger partial charge in [-0.05, 0) is 47.6 Å². The van der Waals surface area contributed by atoms with Gasteiger partial charge in [0.05, 0.1) is 23.3 Å². The van der Waals surface area contributed by atoms with Crippen LogP contribution in [0, 0.1) is 0 Å². The topological polar surface area (TPSA) is 72.5 Å². The third-order valence-corrected chi connectivity index (χ3v) is 6.13. The highest BCUT2D eigenvalue weighted by molar-refractivity contribution is 7.93. The fourth-order valence-electron chi connectivity index (χ4n) is 3.51. The van der Waals surface area contributed by atoms with E-state index < -0.39 is 16.0 Å². The molecule has 26 heavy (non-hydrogen) atoms. The van der Waals surface area contributed by atoms with E-state index in [0.29, 0.717) is 5.39 Å². The van der Waals surface area contributed by atoms with E-state index in [1.54, 1.807) is 24.3 Å². The molecule has 1 N–H and O–H groups in total. The molecular weight excluding hydrogens is 350 g/mol. The average Bonchev–Trinajstić information content (AvgIpc) is 3.06. The number of anilines is 1. The van der Waals surface area contributed by atoms with Gasteiger partial charge in [-0.15, -0.1) is 0 Å². The molecule has 3 aromatic carbocycles. The van der Waals surface area contributed by atoms with E-state index >= 15 is 0 Å². The third kappa shape index (κ3) is 2.63. The lowest BCUT2D eigenvalue weighted by Gasteiger charge is -2.14. The third-order valence-electron chi connectivity index (χ3n) is 4.70. The molecule has 0 unspecified atom stereocenters. The van der Waals surface area contributed by atoms with Crippen LogP contribution in [0.15, 0.2) is 59.5 Å². The summed E-state index contributed by atoms with van der Waals surface area (Å²) < 4.78 is 33.4. The van der Waals surface area contributed by atoms with E-state index in [2.05, 4.69) is 4.72 Å². The summed E-state index contributed by atoms with van der Waals surface area (Å²) >= 11 is 0. The molecule has 0 atom stereocenters. The highest BCUT2D eigenvalue weighted by Crippen LogP contribution is 2.35. The number of carbonyl (C=O) groups excluding carboxylic acids is 1. The van der Waals surface area contributed by atoms with Crippen molar-refractivity contribution >= 4 is 32.5 Å². The van der Waals surface area contributed by atoms with E-state index in [0.717, 1.165) is 18.2 Å². The Balaban J connectivity index is 1.83. The van der Waals surface area contributed by atoms with Crippen molar-refractivity contribution in [1.82, 2.24) is 0 Å². The molecule has 0 radical (unpaired) electrons. The van der Waals surface area contributed by atoms with Gasteiger partial charge in [-0.3, -0.25) is 4.72 Å². The first-order chi connectivity index (χ1) is 12.5. The van der Waals surface area contributed by atoms with Crippen LogP contribution < -0.4 is 4.72 Å². The van der Waals surface area contributed by atoms with Crippen molar-refractivity contribution in [3.05, 3.63) is 71.3 Å². The number of carbonyl (C=O) groups is 1. The minimum Gasteiger partial charge on any atom is -0.465 e. The summed E-state index contributed by atoms with van der Waals surface area (Å²) in [4.78, 5) is 12.1. The molecule has 0 fully saturated rings. The number of para-hydroxylation sites is 1. The molecule has 5 nitrogen and oxygen atoms in total. The lowest BCUT2D eigenvalue weighted by atomic mass is 10.1. The zero-order valence-electron chi connectivity index (χ0n) is 14.2. The zero-order valence-corrected chi connectivity index (χ0v) is 15.0. The number of rotatable bonds is 4. The van der Waals surface area contributed by atoms with Gasteiger partial charge in [-0.25, -0.2) is 13.2 Å². The Morgan fingerprint density at radius 2 is 1.69 bits per heavy atom. The Kier molecular flexibility index (Phi) is 3.92. The van der Waals surface area contributed by atoms with E-state index in [1.807, 2.05) is 24.3 Å². The summed E-state index contributed by atoms with van der Waals surface area (Å²) in [5.41, 5.74) is 2.71. The molecule has 1 aliphatic rings. The molecule has 0 heterocycles. The highest BCUT2D eigenvalue weighted by atomic mass is 32.2. The Labute approximate surface area is 151 Å². The molecule has 1 aliphatic carbocycles. The molecule has 0 bridgehead atoms. The summed E-state index contributed by atoms with van der Waals surface area (Å²) in [6.07, 6.45) is 1.85. The van der Waals surface area contributed by atoms with Gasteiger partial charge >= 0.3 is 5.97 Å². The predicted molar refractivity (Wildman–Crippen MR) is 99.9 cm³/mol. The van der Waals surface area contributed by atoms with Gasteiger partial charge in [-0.1, -0.05) is 36.4 Å². The van der Waals surface area contributed by atoms with Crippen molar-refractivity contribution in [2.24, 2.45) is 0 Å². The van der Waals surface area contributed by atoms with Gasteiger partial charge in [0.15, 0.2) is 0 Å². The van der Waals surface area contributed by atoms with Gasteiger partial charge in [0, 0.05) is 5.39 Å². The second-order valence-electron chi connectivity index (χ2n) is 6.21. The number of aryl methyl sites for hydroxylation is 2. The number of esters is 1. The number of hydrogen-bond donors (Lipinski definition) is 1. The monoisotopic (exact) mass is 367 g/mol. The van der Waals surface area contributed by atoms with Crippen LogP contribution in [0.5, 0.6) is 0 Å². The highest BCUT2D eigenvalue weighted by Gasteiger charge is 2.24. The van der Waals surface area contributed by atoms with Crippen LogP contribution in [0.2, 0.25) is 0 Å². The zero-order chi connectivity index (χ0) is 18.3. The van der Waals surface area contributed by atoms with Crippen molar-refractivity contribution in [3.8, 4) is 0 Å². The van der Waals surface area contributed by atoms with Gasteiger partial charge in [0.1, 0.15) is 0 Å². The number of benzene rings is 3. The summed E-state index contributed by atoms with van der Waals surface area (Å²) in [5, 5.41) is 1.73. The van der Waals surface area contributed by atoms with E-state index in [-0.39, 0.29) is 16.1 Å². The second kappa shape index (κ2) is 6.14. The largest absolute Gasteiger partial charge is 0.465 e. The van der Waals surface area contributed by atoms with Gasteiger partial charge in [-0.2, -0.15) is 0 Å². The summed E-state index contributed by atoms with van der Waals surface area (Å²) in [7, 11) is -2.61. The second-order valence-corrected chi connectivity index (χ2v) is 7.86. The summed E-state index contributed by atoms with van der Waals surface area (Å²) in [5.74, 6) is -0.594. The van der Waals surface area contributed by atoms with E-state index in [9.17, 15) is 13.2 Å². The molecule has 132 valence electrons. The Morgan fingerprint density at radius 1 is 0.962 bits per heavy atom. The molecule has 0 saturated carbocycles. The van der Waals surface area contributed by atoms with Gasteiger partial charge in [0.25, 0.3) is 10.0 Å². The van der Waals surface area contributed by atoms with Crippen molar-refractivity contribution in [1.29, 1.82) is 0 Å². The Bertz CT molecular complexity index is 1130. The van der Waals surface area contributed by atoms with Crippen LogP contribution in [-0.2, 0) is 27.6 Å². The molecule has 4 rings (SSSR count). The van der Waals surface area contributed by atoms with Crippen molar-refractivity contribution in [3.63, 3.8) is 0 Å². The average molecular weight is 367 g/mol. The summed E-state index contributed by atoms with van der Waals surface area (Å²) in [6, 6.07) is 15.6. The van der Waals surface area contributed by atoms with Gasteiger partial charge < -0.3 is 4.74 Å². The first kappa shape index (κ1) is 16.6. The van der Waals surface area contributed by atoms with Crippen molar-refractivity contribution in [2.75, 3.05) is 11.8 Å². The maximum Gasteiger partial charge on any atom is 0.339 e. The van der Waals surface area contributed by atoms with Crippen molar-refractivity contribution < 1.29 is 17.9 Å². The Morgan fingerprint density at radius 3 is 2.46 bits per heavy atom. The minimum absolute atomic E-state index is 0.171. The predicted octanol–water partition coefficient (Wildman–Crippen LogP) is 3.53. The number of ether oxygens (including phenoxy) is 1. The van der Waals surface area contributed by atoms with Crippen molar-refractivity contribution in [2.45, 2.75) is 17.7 Å². The summed E-state index contributed by atoms with van der Waals surface area (Å²) in [6.45, 7) is 0. The smallest absolute Gasteiger partial charge is 0.339 e. The SMILES string of the molecule is COC(=O)c1ccccc1NS(=O)(=O)c1ccc2c3c(cccc13)CC2. The molecule has 0 aliphatic heterocycles. The van der Waals surface area contributed by atoms with Crippen LogP contribution in [0.25, 0.3) is 10.8 Å². The molecule has 0 aromatic heterocycles. The maximum atomic E-state index is 13.1. The lowest BCUT2D eigenvalue weighted by molar-refractivity contribution is 0.0602. The fraction of sp³-hybridized carbons (Fsp3) is 0.150.